The van der Waals surface area contributed by atoms with Crippen molar-refractivity contribution in [3.63, 3.8) is 0 Å². The SMILES string of the molecule is CSCC(C)(C)CCl. The monoisotopic (exact) mass is 152 g/mol. The minimum Gasteiger partial charge on any atom is -0.165 e. The third-order valence-electron chi connectivity index (χ3n) is 0.897. The molecule has 0 heterocycles. The molecule has 0 aromatic carbocycles. The number of hydrogen-bond donors (Lipinski definition) is 0. The molecule has 0 unspecified atom stereocenters. The standard InChI is InChI=1S/C6H13ClS/c1-6(2,4-7)5-8-3/h4-5H2,1-3H3. The van der Waals surface area contributed by atoms with Gasteiger partial charge in [-0.1, -0.05) is 13.8 Å². The molecule has 0 amide bonds. The van der Waals surface area contributed by atoms with Crippen LogP contribution in [-0.2, 0) is 0 Å². The summed E-state index contributed by atoms with van der Waals surface area (Å²) in [6.07, 6.45) is 2.11. The lowest BCUT2D eigenvalue weighted by atomic mass is 10.0. The predicted molar refractivity (Wildman–Crippen MR) is 42.9 cm³/mol. The lowest BCUT2D eigenvalue weighted by Crippen LogP contribution is -2.15. The summed E-state index contributed by atoms with van der Waals surface area (Å²) in [4.78, 5) is 0. The molecule has 2 heteroatoms. The summed E-state index contributed by atoms with van der Waals surface area (Å²) in [6, 6.07) is 0. The zero-order valence-corrected chi connectivity index (χ0v) is 7.27. The maximum absolute atomic E-state index is 5.66. The van der Waals surface area contributed by atoms with Crippen molar-refractivity contribution in [2.45, 2.75) is 13.8 Å². The van der Waals surface area contributed by atoms with Crippen molar-refractivity contribution >= 4 is 23.4 Å². The smallest absolute Gasteiger partial charge is 0.0282 e. The zero-order valence-electron chi connectivity index (χ0n) is 5.70. The molecule has 0 atom stereocenters. The van der Waals surface area contributed by atoms with Crippen LogP contribution in [0.5, 0.6) is 0 Å². The number of hydrogen-bond acceptors (Lipinski definition) is 1. The van der Waals surface area contributed by atoms with Gasteiger partial charge in [0.1, 0.15) is 0 Å². The minimum atomic E-state index is 0.320. The average Bonchev–Trinajstić information content (AvgIpc) is 1.67. The van der Waals surface area contributed by atoms with E-state index in [0.29, 0.717) is 5.41 Å². The third kappa shape index (κ3) is 3.62. The first kappa shape index (κ1) is 8.64. The topological polar surface area (TPSA) is 0 Å². The van der Waals surface area contributed by atoms with Crippen molar-refractivity contribution in [3.05, 3.63) is 0 Å². The highest BCUT2D eigenvalue weighted by atomic mass is 35.5. The van der Waals surface area contributed by atoms with E-state index in [1.165, 1.54) is 0 Å². The molecule has 0 N–H and O–H groups in total. The van der Waals surface area contributed by atoms with E-state index in [1.807, 2.05) is 11.8 Å². The van der Waals surface area contributed by atoms with Gasteiger partial charge >= 0.3 is 0 Å². The predicted octanol–water partition coefficient (Wildman–Crippen LogP) is 2.61. The average molecular weight is 153 g/mol. The van der Waals surface area contributed by atoms with Crippen molar-refractivity contribution in [1.29, 1.82) is 0 Å². The van der Waals surface area contributed by atoms with E-state index < -0.39 is 0 Å². The Morgan fingerprint density at radius 3 is 2.12 bits per heavy atom. The van der Waals surface area contributed by atoms with Crippen LogP contribution in [0.4, 0.5) is 0 Å². The normalized spacial score (nSPS) is 12.0. The van der Waals surface area contributed by atoms with E-state index in [-0.39, 0.29) is 0 Å². The maximum Gasteiger partial charge on any atom is 0.0282 e. The van der Waals surface area contributed by atoms with Gasteiger partial charge in [-0.15, -0.1) is 11.6 Å². The van der Waals surface area contributed by atoms with Crippen molar-refractivity contribution in [2.24, 2.45) is 5.41 Å². The fraction of sp³-hybridized carbons (Fsp3) is 1.00. The first-order valence-electron chi connectivity index (χ1n) is 2.67. The Morgan fingerprint density at radius 2 is 2.00 bits per heavy atom. The molecular formula is C6H13ClS. The fourth-order valence-electron chi connectivity index (χ4n) is 0.429. The van der Waals surface area contributed by atoms with Crippen LogP contribution < -0.4 is 0 Å². The minimum absolute atomic E-state index is 0.320. The van der Waals surface area contributed by atoms with E-state index in [9.17, 15) is 0 Å². The Balaban J connectivity index is 3.37. The van der Waals surface area contributed by atoms with Crippen LogP contribution in [0.3, 0.4) is 0 Å². The number of halogens is 1. The highest BCUT2D eigenvalue weighted by molar-refractivity contribution is 7.98. The lowest BCUT2D eigenvalue weighted by Gasteiger charge is -2.18. The van der Waals surface area contributed by atoms with Gasteiger partial charge in [-0.2, -0.15) is 11.8 Å². The summed E-state index contributed by atoms with van der Waals surface area (Å²) in [5.41, 5.74) is 0.320. The van der Waals surface area contributed by atoms with E-state index >= 15 is 0 Å². The number of thioether (sulfide) groups is 1. The summed E-state index contributed by atoms with van der Waals surface area (Å²) < 4.78 is 0. The summed E-state index contributed by atoms with van der Waals surface area (Å²) in [7, 11) is 0. The summed E-state index contributed by atoms with van der Waals surface area (Å²) in [6.45, 7) is 4.35. The first-order valence-corrected chi connectivity index (χ1v) is 4.60. The van der Waals surface area contributed by atoms with Gasteiger partial charge in [0.2, 0.25) is 0 Å². The molecule has 0 aliphatic rings. The second-order valence-corrected chi connectivity index (χ2v) is 3.86. The summed E-state index contributed by atoms with van der Waals surface area (Å²) >= 11 is 7.51. The second kappa shape index (κ2) is 3.62. The first-order chi connectivity index (χ1) is 3.62. The van der Waals surface area contributed by atoms with Crippen LogP contribution in [0.2, 0.25) is 0 Å². The van der Waals surface area contributed by atoms with Gasteiger partial charge in [-0.25, -0.2) is 0 Å². The van der Waals surface area contributed by atoms with Gasteiger partial charge in [-0.3, -0.25) is 0 Å². The van der Waals surface area contributed by atoms with Gasteiger partial charge in [0.15, 0.2) is 0 Å². The quantitative estimate of drug-likeness (QED) is 0.561. The summed E-state index contributed by atoms with van der Waals surface area (Å²) in [5, 5.41) is 0. The van der Waals surface area contributed by atoms with E-state index in [4.69, 9.17) is 11.6 Å². The number of alkyl halides is 1. The van der Waals surface area contributed by atoms with Crippen LogP contribution >= 0.6 is 23.4 Å². The van der Waals surface area contributed by atoms with Crippen molar-refractivity contribution in [3.8, 4) is 0 Å². The van der Waals surface area contributed by atoms with Gasteiger partial charge < -0.3 is 0 Å². The second-order valence-electron chi connectivity index (χ2n) is 2.73. The molecular weight excluding hydrogens is 140 g/mol. The molecule has 0 rings (SSSR count). The lowest BCUT2D eigenvalue weighted by molar-refractivity contribution is 0.489. The van der Waals surface area contributed by atoms with E-state index in [1.54, 1.807) is 0 Å². The highest BCUT2D eigenvalue weighted by Gasteiger charge is 2.14. The Hall–Kier alpha value is 0.640. The highest BCUT2D eigenvalue weighted by Crippen LogP contribution is 2.21. The Bertz CT molecular complexity index is 61.5. The molecule has 0 aliphatic carbocycles. The molecule has 0 nitrogen and oxygen atoms in total. The molecule has 0 saturated heterocycles. The summed E-state index contributed by atoms with van der Waals surface area (Å²) in [5.74, 6) is 1.91. The van der Waals surface area contributed by atoms with Gasteiger partial charge in [0.25, 0.3) is 0 Å². The molecule has 0 spiro atoms. The third-order valence-corrected chi connectivity index (χ3v) is 2.69. The van der Waals surface area contributed by atoms with E-state index in [2.05, 4.69) is 20.1 Å². The Labute approximate surface area is 61.0 Å². The Kier molecular flexibility index (Phi) is 3.91. The molecule has 0 aromatic heterocycles. The van der Waals surface area contributed by atoms with E-state index in [0.717, 1.165) is 11.6 Å². The van der Waals surface area contributed by atoms with Crippen LogP contribution in [0.1, 0.15) is 13.8 Å². The molecule has 50 valence electrons. The maximum atomic E-state index is 5.66. The molecule has 8 heavy (non-hydrogen) atoms. The Morgan fingerprint density at radius 1 is 1.50 bits per heavy atom. The van der Waals surface area contributed by atoms with Gasteiger partial charge in [-0.05, 0) is 17.4 Å². The van der Waals surface area contributed by atoms with Gasteiger partial charge in [0, 0.05) is 5.88 Å². The van der Waals surface area contributed by atoms with Crippen LogP contribution in [0, 0.1) is 5.41 Å². The van der Waals surface area contributed by atoms with Crippen molar-refractivity contribution in [1.82, 2.24) is 0 Å². The molecule has 0 fully saturated rings. The van der Waals surface area contributed by atoms with Crippen LogP contribution in [0.15, 0.2) is 0 Å². The molecule has 0 aromatic rings. The molecule has 0 saturated carbocycles. The number of rotatable bonds is 3. The molecule has 0 radical (unpaired) electrons. The van der Waals surface area contributed by atoms with Crippen LogP contribution in [0.25, 0.3) is 0 Å². The van der Waals surface area contributed by atoms with Crippen molar-refractivity contribution < 1.29 is 0 Å². The molecule has 0 aliphatic heterocycles. The molecule has 0 bridgehead atoms. The largest absolute Gasteiger partial charge is 0.165 e. The van der Waals surface area contributed by atoms with Gasteiger partial charge in [0.05, 0.1) is 0 Å². The van der Waals surface area contributed by atoms with Crippen LogP contribution in [-0.4, -0.2) is 17.9 Å². The fourth-order valence-corrected chi connectivity index (χ4v) is 1.52. The van der Waals surface area contributed by atoms with Crippen molar-refractivity contribution in [2.75, 3.05) is 17.9 Å². The zero-order chi connectivity index (χ0) is 6.62.